The number of fused-ring (bicyclic) bond motifs is 1. The molecule has 8 nitrogen and oxygen atoms in total. The predicted molar refractivity (Wildman–Crippen MR) is 108 cm³/mol. The van der Waals surface area contributed by atoms with Gasteiger partial charge in [-0.05, 0) is 36.4 Å². The van der Waals surface area contributed by atoms with E-state index in [-0.39, 0.29) is 18.3 Å². The average molecular weight is 405 g/mol. The smallest absolute Gasteiger partial charge is 0.291 e. The highest BCUT2D eigenvalue weighted by atomic mass is 16.5. The molecule has 0 aliphatic carbocycles. The molecule has 0 spiro atoms. The summed E-state index contributed by atoms with van der Waals surface area (Å²) in [7, 11) is 0. The van der Waals surface area contributed by atoms with E-state index in [9.17, 15) is 9.59 Å². The molecule has 0 atom stereocenters. The molecule has 1 fully saturated rings. The lowest BCUT2D eigenvalue weighted by Gasteiger charge is -2.26. The van der Waals surface area contributed by atoms with Crippen LogP contribution in [0.15, 0.2) is 52.9 Å². The van der Waals surface area contributed by atoms with Gasteiger partial charge in [-0.2, -0.15) is 5.26 Å². The quantitative estimate of drug-likeness (QED) is 0.700. The fraction of sp³-hybridized carbons (Fsp3) is 0.227. The number of amides is 2. The van der Waals surface area contributed by atoms with Crippen molar-refractivity contribution in [3.8, 4) is 11.8 Å². The summed E-state index contributed by atoms with van der Waals surface area (Å²) in [6.45, 7) is 1.60. The lowest BCUT2D eigenvalue weighted by molar-refractivity contribution is -0.118. The zero-order chi connectivity index (χ0) is 20.9. The molecule has 8 heteroatoms. The standard InChI is InChI=1S/C22H19N3O5/c23-13-15-5-7-16(8-6-15)29-14-19(26)24-20-17-3-1-2-4-18(17)30-21(20)22(27)25-9-11-28-12-10-25/h1-8H,9-12,14H2,(H,24,26). The molecule has 1 N–H and O–H groups in total. The predicted octanol–water partition coefficient (Wildman–Crippen LogP) is 2.79. The van der Waals surface area contributed by atoms with Crippen LogP contribution in [-0.4, -0.2) is 49.6 Å². The Balaban J connectivity index is 1.52. The number of rotatable bonds is 5. The number of para-hydroxylation sites is 1. The second-order valence-corrected chi connectivity index (χ2v) is 6.68. The first-order valence-electron chi connectivity index (χ1n) is 9.47. The van der Waals surface area contributed by atoms with Crippen molar-refractivity contribution < 1.29 is 23.5 Å². The summed E-state index contributed by atoms with van der Waals surface area (Å²) in [5.41, 5.74) is 1.34. The maximum atomic E-state index is 13.0. The van der Waals surface area contributed by atoms with Crippen LogP contribution in [-0.2, 0) is 9.53 Å². The molecule has 2 heterocycles. The molecule has 0 radical (unpaired) electrons. The number of benzene rings is 2. The van der Waals surface area contributed by atoms with Crippen molar-refractivity contribution in [3.63, 3.8) is 0 Å². The van der Waals surface area contributed by atoms with E-state index in [2.05, 4.69) is 5.32 Å². The molecule has 0 bridgehead atoms. The van der Waals surface area contributed by atoms with Crippen LogP contribution in [0.4, 0.5) is 5.69 Å². The van der Waals surface area contributed by atoms with E-state index in [1.807, 2.05) is 12.1 Å². The van der Waals surface area contributed by atoms with E-state index in [0.717, 1.165) is 0 Å². The molecular formula is C22H19N3O5. The van der Waals surface area contributed by atoms with Gasteiger partial charge in [0.05, 0.1) is 24.8 Å². The zero-order valence-electron chi connectivity index (χ0n) is 16.1. The van der Waals surface area contributed by atoms with Gasteiger partial charge in [0.15, 0.2) is 6.61 Å². The molecule has 152 valence electrons. The van der Waals surface area contributed by atoms with Crippen LogP contribution in [0.1, 0.15) is 16.1 Å². The second kappa shape index (κ2) is 8.68. The van der Waals surface area contributed by atoms with Crippen molar-refractivity contribution in [3.05, 3.63) is 59.9 Å². The molecule has 1 aliphatic heterocycles. The maximum absolute atomic E-state index is 13.0. The fourth-order valence-corrected chi connectivity index (χ4v) is 3.18. The number of nitriles is 1. The van der Waals surface area contributed by atoms with E-state index in [0.29, 0.717) is 54.3 Å². The van der Waals surface area contributed by atoms with E-state index < -0.39 is 5.91 Å². The fourth-order valence-electron chi connectivity index (χ4n) is 3.18. The third-order valence-corrected chi connectivity index (χ3v) is 4.71. The minimum absolute atomic E-state index is 0.0878. The summed E-state index contributed by atoms with van der Waals surface area (Å²) in [5.74, 6) is -0.171. The first-order valence-corrected chi connectivity index (χ1v) is 9.47. The van der Waals surface area contributed by atoms with Crippen molar-refractivity contribution in [1.29, 1.82) is 5.26 Å². The molecule has 0 unspecified atom stereocenters. The molecule has 1 aliphatic rings. The first kappa shape index (κ1) is 19.5. The Hall–Kier alpha value is -3.83. The summed E-state index contributed by atoms with van der Waals surface area (Å²) in [6, 6.07) is 15.6. The van der Waals surface area contributed by atoms with Crippen LogP contribution in [0.2, 0.25) is 0 Å². The van der Waals surface area contributed by atoms with Gasteiger partial charge in [-0.25, -0.2) is 0 Å². The highest BCUT2D eigenvalue weighted by Crippen LogP contribution is 2.32. The molecule has 1 saturated heterocycles. The normalized spacial score (nSPS) is 13.6. The SMILES string of the molecule is N#Cc1ccc(OCC(=O)Nc2c(C(=O)N3CCOCC3)oc3ccccc23)cc1. The van der Waals surface area contributed by atoms with E-state index in [4.69, 9.17) is 19.2 Å². The zero-order valence-corrected chi connectivity index (χ0v) is 16.1. The Morgan fingerprint density at radius 3 is 2.57 bits per heavy atom. The lowest BCUT2D eigenvalue weighted by Crippen LogP contribution is -2.40. The van der Waals surface area contributed by atoms with Crippen molar-refractivity contribution in [1.82, 2.24) is 4.90 Å². The number of morpholine rings is 1. The van der Waals surface area contributed by atoms with Crippen LogP contribution in [0, 0.1) is 11.3 Å². The van der Waals surface area contributed by atoms with E-state index in [1.165, 1.54) is 0 Å². The number of nitrogens with zero attached hydrogens (tertiary/aromatic N) is 2. The number of hydrogen-bond acceptors (Lipinski definition) is 6. The highest BCUT2D eigenvalue weighted by Gasteiger charge is 2.27. The Morgan fingerprint density at radius 2 is 1.83 bits per heavy atom. The van der Waals surface area contributed by atoms with Gasteiger partial charge < -0.3 is 24.1 Å². The van der Waals surface area contributed by atoms with Crippen LogP contribution in [0.3, 0.4) is 0 Å². The molecule has 4 rings (SSSR count). The third-order valence-electron chi connectivity index (χ3n) is 4.71. The molecule has 3 aromatic rings. The maximum Gasteiger partial charge on any atom is 0.291 e. The topological polar surface area (TPSA) is 105 Å². The minimum atomic E-state index is -0.429. The number of anilines is 1. The van der Waals surface area contributed by atoms with E-state index >= 15 is 0 Å². The lowest BCUT2D eigenvalue weighted by atomic mass is 10.2. The molecule has 2 aromatic carbocycles. The van der Waals surface area contributed by atoms with Gasteiger partial charge in [-0.15, -0.1) is 0 Å². The van der Waals surface area contributed by atoms with Gasteiger partial charge in [0.2, 0.25) is 5.76 Å². The largest absolute Gasteiger partial charge is 0.484 e. The van der Waals surface area contributed by atoms with Crippen molar-refractivity contribution in [2.75, 3.05) is 38.2 Å². The summed E-state index contributed by atoms with van der Waals surface area (Å²) in [6.07, 6.45) is 0. The second-order valence-electron chi connectivity index (χ2n) is 6.68. The van der Waals surface area contributed by atoms with Crippen LogP contribution >= 0.6 is 0 Å². The van der Waals surface area contributed by atoms with Gasteiger partial charge in [0.1, 0.15) is 17.0 Å². The Kier molecular flexibility index (Phi) is 5.63. The molecular weight excluding hydrogens is 386 g/mol. The average Bonchev–Trinajstić information content (AvgIpc) is 3.16. The molecule has 0 saturated carbocycles. The Bertz CT molecular complexity index is 1110. The monoisotopic (exact) mass is 405 g/mol. The number of furan rings is 1. The van der Waals surface area contributed by atoms with Crippen LogP contribution < -0.4 is 10.1 Å². The van der Waals surface area contributed by atoms with Gasteiger partial charge in [-0.3, -0.25) is 9.59 Å². The van der Waals surface area contributed by atoms with Gasteiger partial charge in [0, 0.05) is 18.5 Å². The van der Waals surface area contributed by atoms with Crippen LogP contribution in [0.25, 0.3) is 11.0 Å². The van der Waals surface area contributed by atoms with Crippen molar-refractivity contribution in [2.45, 2.75) is 0 Å². The molecule has 30 heavy (non-hydrogen) atoms. The van der Waals surface area contributed by atoms with Gasteiger partial charge in [0.25, 0.3) is 11.8 Å². The number of carbonyl (C=O) groups is 2. The number of carbonyl (C=O) groups excluding carboxylic acids is 2. The van der Waals surface area contributed by atoms with Crippen molar-refractivity contribution >= 4 is 28.5 Å². The summed E-state index contributed by atoms with van der Waals surface area (Å²) in [5, 5.41) is 12.2. The Morgan fingerprint density at radius 1 is 1.10 bits per heavy atom. The van der Waals surface area contributed by atoms with Gasteiger partial charge in [-0.1, -0.05) is 12.1 Å². The molecule has 2 amide bonds. The summed E-state index contributed by atoms with van der Waals surface area (Å²) >= 11 is 0. The summed E-state index contributed by atoms with van der Waals surface area (Å²) < 4.78 is 16.6. The van der Waals surface area contributed by atoms with Gasteiger partial charge >= 0.3 is 0 Å². The number of nitrogens with one attached hydrogen (secondary N) is 1. The summed E-state index contributed by atoms with van der Waals surface area (Å²) in [4.78, 5) is 27.1. The highest BCUT2D eigenvalue weighted by molar-refractivity contribution is 6.11. The first-order chi connectivity index (χ1) is 14.7. The molecule has 1 aromatic heterocycles. The number of ether oxygens (including phenoxy) is 2. The van der Waals surface area contributed by atoms with E-state index in [1.54, 1.807) is 47.4 Å². The number of hydrogen-bond donors (Lipinski definition) is 1. The van der Waals surface area contributed by atoms with Crippen molar-refractivity contribution in [2.24, 2.45) is 0 Å². The Labute approximate surface area is 172 Å². The van der Waals surface area contributed by atoms with Crippen LogP contribution in [0.5, 0.6) is 5.75 Å². The minimum Gasteiger partial charge on any atom is -0.484 e. The third kappa shape index (κ3) is 4.11.